The summed E-state index contributed by atoms with van der Waals surface area (Å²) in [6.07, 6.45) is 4.46. The fraction of sp³-hybridized carbons (Fsp3) is 0.833. The van der Waals surface area contributed by atoms with E-state index in [9.17, 15) is 9.59 Å². The Hall–Kier alpha value is -0.660. The zero-order valence-corrected chi connectivity index (χ0v) is 9.43. The summed E-state index contributed by atoms with van der Waals surface area (Å²) in [6, 6.07) is 0. The summed E-state index contributed by atoms with van der Waals surface area (Å²) in [6.45, 7) is 5.69. The summed E-state index contributed by atoms with van der Waals surface area (Å²) in [5.41, 5.74) is -0.370. The Morgan fingerprint density at radius 2 is 1.86 bits per heavy atom. The molecule has 2 nitrogen and oxygen atoms in total. The third kappa shape index (κ3) is 2.66. The van der Waals surface area contributed by atoms with E-state index in [1.54, 1.807) is 0 Å². The smallest absolute Gasteiger partial charge is 0.148 e. The molecule has 0 radical (unpaired) electrons. The molecule has 0 heterocycles. The lowest BCUT2D eigenvalue weighted by Crippen LogP contribution is -2.32. The second-order valence-electron chi connectivity index (χ2n) is 5.23. The van der Waals surface area contributed by atoms with Crippen molar-refractivity contribution in [3.05, 3.63) is 0 Å². The minimum Gasteiger partial charge on any atom is -0.299 e. The van der Waals surface area contributed by atoms with Gasteiger partial charge < -0.3 is 0 Å². The molecule has 0 bridgehead atoms. The van der Waals surface area contributed by atoms with Crippen molar-refractivity contribution in [1.29, 1.82) is 0 Å². The van der Waals surface area contributed by atoms with Gasteiger partial charge in [-0.3, -0.25) is 9.59 Å². The number of carbonyl (C=O) groups excluding carboxylic acids is 2. The van der Waals surface area contributed by atoms with Crippen LogP contribution in [0.4, 0.5) is 0 Å². The second-order valence-corrected chi connectivity index (χ2v) is 5.23. The van der Waals surface area contributed by atoms with Gasteiger partial charge in [-0.05, 0) is 12.8 Å². The van der Waals surface area contributed by atoms with E-state index in [0.29, 0.717) is 6.42 Å². The minimum atomic E-state index is -0.370. The largest absolute Gasteiger partial charge is 0.299 e. The van der Waals surface area contributed by atoms with Crippen LogP contribution in [0.15, 0.2) is 0 Å². The van der Waals surface area contributed by atoms with E-state index < -0.39 is 0 Å². The van der Waals surface area contributed by atoms with Crippen LogP contribution in [0.3, 0.4) is 0 Å². The van der Waals surface area contributed by atoms with Crippen LogP contribution < -0.4 is 0 Å². The summed E-state index contributed by atoms with van der Waals surface area (Å²) in [5, 5.41) is 0. The molecule has 1 rings (SSSR count). The predicted octanol–water partition coefficient (Wildman–Crippen LogP) is 2.75. The molecular formula is C12H20O2. The molecule has 0 spiro atoms. The standard InChI is InChI=1S/C12H20O2/c1-12(2,3)11(14)9-7-5-4-6-8-10(9)13/h9H,4-8H2,1-3H3. The van der Waals surface area contributed by atoms with E-state index in [1.165, 1.54) is 0 Å². The topological polar surface area (TPSA) is 34.1 Å². The number of rotatable bonds is 1. The maximum absolute atomic E-state index is 12.0. The number of hydrogen-bond acceptors (Lipinski definition) is 2. The van der Waals surface area contributed by atoms with Crippen molar-refractivity contribution in [2.24, 2.45) is 11.3 Å². The summed E-state index contributed by atoms with van der Waals surface area (Å²) in [5.74, 6) is -0.00988. The second kappa shape index (κ2) is 4.24. The maximum atomic E-state index is 12.0. The zero-order valence-electron chi connectivity index (χ0n) is 9.43. The van der Waals surface area contributed by atoms with Crippen LogP contribution in [0, 0.1) is 11.3 Å². The molecule has 1 unspecified atom stereocenters. The van der Waals surface area contributed by atoms with Crippen molar-refractivity contribution in [3.63, 3.8) is 0 Å². The third-order valence-corrected chi connectivity index (χ3v) is 2.86. The van der Waals surface area contributed by atoms with Crippen molar-refractivity contribution in [3.8, 4) is 0 Å². The molecule has 0 aliphatic heterocycles. The Morgan fingerprint density at radius 3 is 2.43 bits per heavy atom. The first-order chi connectivity index (χ1) is 6.43. The first-order valence-electron chi connectivity index (χ1n) is 5.50. The van der Waals surface area contributed by atoms with Crippen molar-refractivity contribution in [2.45, 2.75) is 52.9 Å². The van der Waals surface area contributed by atoms with Crippen LogP contribution in [0.5, 0.6) is 0 Å². The summed E-state index contributed by atoms with van der Waals surface area (Å²) in [7, 11) is 0. The normalized spacial score (nSPS) is 24.5. The molecule has 0 aromatic heterocycles. The van der Waals surface area contributed by atoms with Gasteiger partial charge in [-0.25, -0.2) is 0 Å². The van der Waals surface area contributed by atoms with Gasteiger partial charge in [0.15, 0.2) is 0 Å². The molecule has 0 N–H and O–H groups in total. The van der Waals surface area contributed by atoms with Crippen molar-refractivity contribution < 1.29 is 9.59 Å². The number of carbonyl (C=O) groups is 2. The van der Waals surface area contributed by atoms with Gasteiger partial charge in [0.05, 0.1) is 5.92 Å². The summed E-state index contributed by atoms with van der Waals surface area (Å²) in [4.78, 5) is 23.6. The van der Waals surface area contributed by atoms with E-state index in [-0.39, 0.29) is 22.9 Å². The van der Waals surface area contributed by atoms with E-state index in [4.69, 9.17) is 0 Å². The Bertz CT molecular complexity index is 235. The SMILES string of the molecule is CC(C)(C)C(=O)C1CCCCCC1=O. The molecule has 1 fully saturated rings. The fourth-order valence-electron chi connectivity index (χ4n) is 1.96. The monoisotopic (exact) mass is 196 g/mol. The van der Waals surface area contributed by atoms with Gasteiger partial charge in [0.1, 0.15) is 11.6 Å². The quantitative estimate of drug-likeness (QED) is 0.477. The lowest BCUT2D eigenvalue weighted by Gasteiger charge is -2.22. The predicted molar refractivity (Wildman–Crippen MR) is 56.0 cm³/mol. The Balaban J connectivity index is 2.74. The maximum Gasteiger partial charge on any atom is 0.148 e. The molecule has 1 aliphatic carbocycles. The fourth-order valence-corrected chi connectivity index (χ4v) is 1.96. The number of hydrogen-bond donors (Lipinski definition) is 0. The highest BCUT2D eigenvalue weighted by Gasteiger charge is 2.34. The van der Waals surface area contributed by atoms with Crippen molar-refractivity contribution in [2.75, 3.05) is 0 Å². The van der Waals surface area contributed by atoms with E-state index >= 15 is 0 Å². The van der Waals surface area contributed by atoms with Gasteiger partial charge in [0, 0.05) is 11.8 Å². The molecule has 0 amide bonds. The molecule has 1 atom stereocenters. The summed E-state index contributed by atoms with van der Waals surface area (Å²) < 4.78 is 0. The highest BCUT2D eigenvalue weighted by Crippen LogP contribution is 2.28. The molecule has 0 aromatic rings. The molecule has 2 heteroatoms. The van der Waals surface area contributed by atoms with Crippen LogP contribution >= 0.6 is 0 Å². The molecular weight excluding hydrogens is 176 g/mol. The van der Waals surface area contributed by atoms with Gasteiger partial charge in [0.2, 0.25) is 0 Å². The van der Waals surface area contributed by atoms with Crippen LogP contribution in [0.2, 0.25) is 0 Å². The lowest BCUT2D eigenvalue weighted by molar-refractivity contribution is -0.137. The molecule has 0 saturated heterocycles. The first kappa shape index (κ1) is 11.4. The van der Waals surface area contributed by atoms with Gasteiger partial charge in [0.25, 0.3) is 0 Å². The highest BCUT2D eigenvalue weighted by molar-refractivity contribution is 6.04. The minimum absolute atomic E-state index is 0.129. The van der Waals surface area contributed by atoms with Gasteiger partial charge in [-0.1, -0.05) is 33.6 Å². The van der Waals surface area contributed by atoms with Gasteiger partial charge in [-0.2, -0.15) is 0 Å². The third-order valence-electron chi connectivity index (χ3n) is 2.86. The molecule has 14 heavy (non-hydrogen) atoms. The highest BCUT2D eigenvalue weighted by atomic mass is 16.2. The van der Waals surface area contributed by atoms with Crippen LogP contribution in [0.1, 0.15) is 52.9 Å². The van der Waals surface area contributed by atoms with Crippen LogP contribution in [0.25, 0.3) is 0 Å². The van der Waals surface area contributed by atoms with E-state index in [1.807, 2.05) is 20.8 Å². The number of ketones is 2. The Kier molecular flexibility index (Phi) is 3.46. The number of Topliss-reactive ketones (excluding diaryl/α,β-unsaturated/α-hetero) is 2. The molecule has 1 saturated carbocycles. The van der Waals surface area contributed by atoms with Crippen LogP contribution in [-0.4, -0.2) is 11.6 Å². The van der Waals surface area contributed by atoms with Crippen LogP contribution in [-0.2, 0) is 9.59 Å². The van der Waals surface area contributed by atoms with E-state index in [0.717, 1.165) is 25.7 Å². The average molecular weight is 196 g/mol. The zero-order chi connectivity index (χ0) is 10.8. The van der Waals surface area contributed by atoms with Crippen molar-refractivity contribution >= 4 is 11.6 Å². The Morgan fingerprint density at radius 1 is 1.21 bits per heavy atom. The lowest BCUT2D eigenvalue weighted by atomic mass is 9.79. The van der Waals surface area contributed by atoms with E-state index in [2.05, 4.69) is 0 Å². The summed E-state index contributed by atoms with van der Waals surface area (Å²) >= 11 is 0. The van der Waals surface area contributed by atoms with Crippen molar-refractivity contribution in [1.82, 2.24) is 0 Å². The Labute approximate surface area is 86.1 Å². The average Bonchev–Trinajstić information content (AvgIpc) is 2.27. The molecule has 80 valence electrons. The van der Waals surface area contributed by atoms with Gasteiger partial charge in [-0.15, -0.1) is 0 Å². The first-order valence-corrected chi connectivity index (χ1v) is 5.50. The molecule has 0 aromatic carbocycles. The molecule has 1 aliphatic rings. The van der Waals surface area contributed by atoms with Gasteiger partial charge >= 0.3 is 0 Å².